The fourth-order valence-electron chi connectivity index (χ4n) is 1.58. The molecule has 0 fully saturated rings. The van der Waals surface area contributed by atoms with Crippen LogP contribution in [0.25, 0.3) is 0 Å². The standard InChI is InChI=1S/C14H19NO6/c1-8-5-6-20-11(8)12(17)15-9(13(18)19)7-10(16)21-14(2,3)4/h5-6,9H,7H2,1-4H3,(H,15,17)(H,18,19)/t9-/m0/s1. The summed E-state index contributed by atoms with van der Waals surface area (Å²) in [6, 6.07) is 0.204. The molecule has 116 valence electrons. The van der Waals surface area contributed by atoms with Gasteiger partial charge in [0.1, 0.15) is 11.6 Å². The van der Waals surface area contributed by atoms with Crippen molar-refractivity contribution in [2.45, 2.75) is 45.8 Å². The minimum Gasteiger partial charge on any atom is -0.480 e. The average molecular weight is 297 g/mol. The van der Waals surface area contributed by atoms with Crippen molar-refractivity contribution in [2.75, 3.05) is 0 Å². The molecule has 0 unspecified atom stereocenters. The predicted molar refractivity (Wildman–Crippen MR) is 72.8 cm³/mol. The number of carboxylic acid groups (broad SMARTS) is 1. The van der Waals surface area contributed by atoms with Crippen LogP contribution in [0, 0.1) is 6.92 Å². The second kappa shape index (κ2) is 6.43. The fourth-order valence-corrected chi connectivity index (χ4v) is 1.58. The van der Waals surface area contributed by atoms with E-state index in [9.17, 15) is 14.4 Å². The van der Waals surface area contributed by atoms with Gasteiger partial charge in [-0.2, -0.15) is 0 Å². The minimum absolute atomic E-state index is 0.0189. The van der Waals surface area contributed by atoms with E-state index in [1.807, 2.05) is 0 Å². The molecule has 0 aliphatic heterocycles. The van der Waals surface area contributed by atoms with Crippen LogP contribution in [0.1, 0.15) is 43.3 Å². The van der Waals surface area contributed by atoms with Crippen LogP contribution in [-0.2, 0) is 14.3 Å². The number of amides is 1. The number of aliphatic carboxylic acids is 1. The molecule has 0 aromatic carbocycles. The Morgan fingerprint density at radius 1 is 1.38 bits per heavy atom. The molecule has 1 aromatic rings. The van der Waals surface area contributed by atoms with Crippen LogP contribution >= 0.6 is 0 Å². The van der Waals surface area contributed by atoms with Gasteiger partial charge in [0, 0.05) is 5.56 Å². The molecule has 0 spiro atoms. The highest BCUT2D eigenvalue weighted by molar-refractivity contribution is 5.96. The van der Waals surface area contributed by atoms with Gasteiger partial charge < -0.3 is 19.6 Å². The maximum absolute atomic E-state index is 11.9. The quantitative estimate of drug-likeness (QED) is 0.798. The van der Waals surface area contributed by atoms with Gasteiger partial charge in [0.05, 0.1) is 12.7 Å². The summed E-state index contributed by atoms with van der Waals surface area (Å²) >= 11 is 0. The Morgan fingerprint density at radius 2 is 2.00 bits per heavy atom. The Labute approximate surface area is 122 Å². The zero-order valence-electron chi connectivity index (χ0n) is 12.4. The molecule has 7 nitrogen and oxygen atoms in total. The molecule has 1 amide bonds. The van der Waals surface area contributed by atoms with Gasteiger partial charge in [-0.15, -0.1) is 0 Å². The number of carboxylic acids is 1. The molecule has 0 aliphatic carbocycles. The Morgan fingerprint density at radius 3 is 2.43 bits per heavy atom. The molecule has 1 aromatic heterocycles. The van der Waals surface area contributed by atoms with Crippen LogP contribution in [0.15, 0.2) is 16.7 Å². The first kappa shape index (κ1) is 16.7. The van der Waals surface area contributed by atoms with Gasteiger partial charge in [0.15, 0.2) is 5.76 Å². The summed E-state index contributed by atoms with van der Waals surface area (Å²) in [6.07, 6.45) is 0.867. The molecule has 7 heteroatoms. The maximum atomic E-state index is 11.9. The van der Waals surface area contributed by atoms with E-state index in [1.54, 1.807) is 33.8 Å². The smallest absolute Gasteiger partial charge is 0.326 e. The van der Waals surface area contributed by atoms with E-state index in [2.05, 4.69) is 5.32 Å². The number of ether oxygens (including phenoxy) is 1. The third-order valence-electron chi connectivity index (χ3n) is 2.46. The fraction of sp³-hybridized carbons (Fsp3) is 0.500. The Balaban J connectivity index is 2.71. The first-order valence-corrected chi connectivity index (χ1v) is 6.40. The lowest BCUT2D eigenvalue weighted by Gasteiger charge is -2.21. The van der Waals surface area contributed by atoms with E-state index >= 15 is 0 Å². The van der Waals surface area contributed by atoms with Crippen LogP contribution in [0.2, 0.25) is 0 Å². The van der Waals surface area contributed by atoms with Crippen molar-refractivity contribution >= 4 is 17.8 Å². The van der Waals surface area contributed by atoms with Crippen molar-refractivity contribution in [2.24, 2.45) is 0 Å². The van der Waals surface area contributed by atoms with E-state index in [-0.39, 0.29) is 5.76 Å². The number of furan rings is 1. The number of esters is 1. The van der Waals surface area contributed by atoms with E-state index in [1.165, 1.54) is 6.26 Å². The van der Waals surface area contributed by atoms with Gasteiger partial charge in [0.2, 0.25) is 0 Å². The first-order chi connectivity index (χ1) is 9.60. The lowest BCUT2D eigenvalue weighted by Crippen LogP contribution is -2.43. The zero-order valence-corrected chi connectivity index (χ0v) is 12.4. The van der Waals surface area contributed by atoms with Crippen molar-refractivity contribution in [3.8, 4) is 0 Å². The monoisotopic (exact) mass is 297 g/mol. The molecular formula is C14H19NO6. The maximum Gasteiger partial charge on any atom is 0.326 e. The molecule has 1 atom stereocenters. The predicted octanol–water partition coefficient (Wildman–Crippen LogP) is 1.50. The van der Waals surface area contributed by atoms with Gasteiger partial charge in [-0.3, -0.25) is 9.59 Å². The highest BCUT2D eigenvalue weighted by Gasteiger charge is 2.28. The highest BCUT2D eigenvalue weighted by atomic mass is 16.6. The molecule has 0 bridgehead atoms. The summed E-state index contributed by atoms with van der Waals surface area (Å²) < 4.78 is 10.0. The van der Waals surface area contributed by atoms with Crippen molar-refractivity contribution in [1.82, 2.24) is 5.32 Å². The van der Waals surface area contributed by atoms with Crippen LogP contribution in [-0.4, -0.2) is 34.6 Å². The number of carbonyl (C=O) groups excluding carboxylic acids is 2. The van der Waals surface area contributed by atoms with Crippen molar-refractivity contribution in [3.05, 3.63) is 23.7 Å². The van der Waals surface area contributed by atoms with Crippen molar-refractivity contribution < 1.29 is 28.6 Å². The summed E-state index contributed by atoms with van der Waals surface area (Å²) in [6.45, 7) is 6.67. The van der Waals surface area contributed by atoms with Gasteiger partial charge in [0.25, 0.3) is 5.91 Å². The largest absolute Gasteiger partial charge is 0.480 e. The molecule has 21 heavy (non-hydrogen) atoms. The molecule has 0 saturated heterocycles. The van der Waals surface area contributed by atoms with Crippen LogP contribution in [0.4, 0.5) is 0 Å². The molecule has 0 aliphatic rings. The van der Waals surface area contributed by atoms with Crippen LogP contribution < -0.4 is 5.32 Å². The summed E-state index contributed by atoms with van der Waals surface area (Å²) in [7, 11) is 0. The normalized spacial score (nSPS) is 12.6. The van der Waals surface area contributed by atoms with Gasteiger partial charge in [-0.25, -0.2) is 4.79 Å². The van der Waals surface area contributed by atoms with Gasteiger partial charge in [-0.1, -0.05) is 0 Å². The number of hydrogen-bond donors (Lipinski definition) is 2. The minimum atomic E-state index is -1.38. The third-order valence-corrected chi connectivity index (χ3v) is 2.46. The molecular weight excluding hydrogens is 278 g/mol. The van der Waals surface area contributed by atoms with E-state index in [0.29, 0.717) is 5.56 Å². The van der Waals surface area contributed by atoms with E-state index in [0.717, 1.165) is 0 Å². The van der Waals surface area contributed by atoms with Crippen molar-refractivity contribution in [1.29, 1.82) is 0 Å². The molecule has 2 N–H and O–H groups in total. The number of nitrogens with one attached hydrogen (secondary N) is 1. The van der Waals surface area contributed by atoms with Gasteiger partial charge >= 0.3 is 11.9 Å². The zero-order chi connectivity index (χ0) is 16.2. The average Bonchev–Trinajstić information content (AvgIpc) is 2.71. The first-order valence-electron chi connectivity index (χ1n) is 6.40. The van der Waals surface area contributed by atoms with Crippen molar-refractivity contribution in [3.63, 3.8) is 0 Å². The lowest BCUT2D eigenvalue weighted by molar-refractivity contribution is -0.158. The highest BCUT2D eigenvalue weighted by Crippen LogP contribution is 2.11. The molecule has 1 heterocycles. The van der Waals surface area contributed by atoms with E-state index < -0.39 is 35.9 Å². The topological polar surface area (TPSA) is 106 Å². The second-order valence-electron chi connectivity index (χ2n) is 5.59. The SMILES string of the molecule is Cc1ccoc1C(=O)N[C@@H](CC(=O)OC(C)(C)C)C(=O)O. The second-order valence-corrected chi connectivity index (χ2v) is 5.59. The lowest BCUT2D eigenvalue weighted by atomic mass is 10.1. The number of hydrogen-bond acceptors (Lipinski definition) is 5. The molecule has 1 rings (SSSR count). The summed E-state index contributed by atoms with van der Waals surface area (Å²) in [4.78, 5) is 34.7. The van der Waals surface area contributed by atoms with Crippen LogP contribution in [0.3, 0.4) is 0 Å². The summed E-state index contributed by atoms with van der Waals surface area (Å²) in [5.41, 5.74) is -0.143. The summed E-state index contributed by atoms with van der Waals surface area (Å²) in [5, 5.41) is 11.3. The Hall–Kier alpha value is -2.31. The number of carbonyl (C=O) groups is 3. The van der Waals surface area contributed by atoms with E-state index in [4.69, 9.17) is 14.3 Å². The van der Waals surface area contributed by atoms with Gasteiger partial charge in [-0.05, 0) is 33.8 Å². The molecule has 0 saturated carbocycles. The molecule has 0 radical (unpaired) electrons. The number of aryl methyl sites for hydroxylation is 1. The Bertz CT molecular complexity index is 540. The van der Waals surface area contributed by atoms with Crippen LogP contribution in [0.5, 0.6) is 0 Å². The Kier molecular flexibility index (Phi) is 5.12. The number of rotatable bonds is 5. The third kappa shape index (κ3) is 5.29. The summed E-state index contributed by atoms with van der Waals surface area (Å²) in [5.74, 6) is -2.69.